The largest absolute Gasteiger partial charge is 2.00 e. The van der Waals surface area contributed by atoms with Gasteiger partial charge in [-0.05, 0) is 12.3 Å². The molecule has 0 aliphatic carbocycles. The maximum Gasteiger partial charge on any atom is 2.00 e. The topological polar surface area (TPSA) is 67.8 Å². The molecule has 1 unspecified atom stereocenters. The first-order chi connectivity index (χ1) is 23.2. The molecule has 49 heavy (non-hydrogen) atoms. The molecule has 3 N–H and O–H groups in total. The van der Waals surface area contributed by atoms with Crippen molar-refractivity contribution >= 4 is 12.4 Å². The number of rotatable bonds is 37. The summed E-state index contributed by atoms with van der Waals surface area (Å²) in [5.41, 5.74) is 14.2. The van der Waals surface area contributed by atoms with Gasteiger partial charge in [0.25, 0.3) is 0 Å². The molecule has 0 aromatic rings. The summed E-state index contributed by atoms with van der Waals surface area (Å²) in [6.07, 6.45) is 49.9. The second-order valence-electron chi connectivity index (χ2n) is 14.7. The molecule has 0 rings (SSSR count). The van der Waals surface area contributed by atoms with Gasteiger partial charge in [0.1, 0.15) is 0 Å². The molecule has 0 aliphatic rings. The fourth-order valence-electron chi connectivity index (χ4n) is 6.26. The Kier molecular flexibility index (Phi) is 73.6. The normalized spacial score (nSPS) is 11.1. The molecular weight excluding hydrogens is 656 g/mol. The van der Waals surface area contributed by atoms with Crippen LogP contribution >= 0.6 is 12.4 Å². The van der Waals surface area contributed by atoms with Crippen LogP contribution in [0.3, 0.4) is 0 Å². The summed E-state index contributed by atoms with van der Waals surface area (Å²) in [6.45, 7) is 10.5. The van der Waals surface area contributed by atoms with Crippen LogP contribution in [0.2, 0.25) is 0 Å². The van der Waals surface area contributed by atoms with Gasteiger partial charge in [-0.2, -0.15) is 13.1 Å². The number of hydrogen-bond acceptors (Lipinski definition) is 1. The van der Waals surface area contributed by atoms with Gasteiger partial charge in [-0.25, -0.2) is 0 Å². The van der Waals surface area contributed by atoms with Gasteiger partial charge in [0.05, 0.1) is 0 Å². The van der Waals surface area contributed by atoms with Gasteiger partial charge in [-0.1, -0.05) is 252 Å². The monoisotopic (exact) mass is 751 g/mol. The quantitative estimate of drug-likeness (QED) is 0.0498. The Labute approximate surface area is 333 Å². The van der Waals surface area contributed by atoms with E-state index in [9.17, 15) is 0 Å². The van der Waals surface area contributed by atoms with Crippen molar-refractivity contribution in [1.29, 1.82) is 0 Å². The molecule has 1 atom stereocenters. The van der Waals surface area contributed by atoms with Crippen molar-refractivity contribution in [2.24, 2.45) is 5.92 Å². The molecule has 0 heterocycles. The fraction of sp³-hybridized carbons (Fsp3) is 1.00. The van der Waals surface area contributed by atoms with Gasteiger partial charge in [-0.15, -0.1) is 12.4 Å². The smallest absolute Gasteiger partial charge is 0.677 e. The van der Waals surface area contributed by atoms with E-state index in [0.717, 1.165) is 19.3 Å². The Morgan fingerprint density at radius 2 is 0.551 bits per heavy atom. The summed E-state index contributed by atoms with van der Waals surface area (Å²) in [6, 6.07) is 0. The summed E-state index contributed by atoms with van der Waals surface area (Å²) >= 11 is 0. The third kappa shape index (κ3) is 64.3. The van der Waals surface area contributed by atoms with E-state index in [-0.39, 0.29) is 34.1 Å². The van der Waals surface area contributed by atoms with Gasteiger partial charge in [0.2, 0.25) is 0 Å². The first-order valence-electron chi connectivity index (χ1n) is 22.1. The molecule has 0 fully saturated rings. The minimum absolute atomic E-state index is 0. The molecular formula is C44H95ClN2OTi. The molecule has 0 aromatic carbocycles. The number of aliphatic hydroxyl groups is 1. The summed E-state index contributed by atoms with van der Waals surface area (Å²) in [7, 11) is 0. The van der Waals surface area contributed by atoms with Crippen LogP contribution in [0.4, 0.5) is 0 Å². The standard InChI is InChI=1S/2C18H38N.C8H18O.ClH.Ti/c2*1-2-3-4-5-6-7-8-9-10-11-12-13-14-15-16-17-18-19;1-3-5-6-8(4-2)7-9;;/h2*19H,2-18H2,1H3;8-9H,3-7H2,1-2H3;1H;/q2*-1;;;+2. The minimum atomic E-state index is 0. The third-order valence-electron chi connectivity index (χ3n) is 9.86. The molecule has 298 valence electrons. The predicted octanol–water partition coefficient (Wildman–Crippen LogP) is 17.2. The molecule has 0 saturated heterocycles. The van der Waals surface area contributed by atoms with Crippen LogP contribution in [0.5, 0.6) is 0 Å². The summed E-state index contributed by atoms with van der Waals surface area (Å²) < 4.78 is 0. The molecule has 0 aromatic heterocycles. The summed E-state index contributed by atoms with van der Waals surface area (Å²) in [4.78, 5) is 0. The Morgan fingerprint density at radius 3 is 0.714 bits per heavy atom. The van der Waals surface area contributed by atoms with E-state index in [2.05, 4.69) is 27.7 Å². The number of hydrogen-bond donors (Lipinski definition) is 1. The zero-order valence-electron chi connectivity index (χ0n) is 34.5. The molecule has 0 bridgehead atoms. The van der Waals surface area contributed by atoms with Crippen molar-refractivity contribution in [2.75, 3.05) is 19.7 Å². The Bertz CT molecular complexity index is 416. The molecule has 0 amide bonds. The number of nitrogens with one attached hydrogen (secondary N) is 2. The average Bonchev–Trinajstić information content (AvgIpc) is 3.09. The Morgan fingerprint density at radius 1 is 0.347 bits per heavy atom. The van der Waals surface area contributed by atoms with E-state index < -0.39 is 0 Å². The van der Waals surface area contributed by atoms with Crippen LogP contribution in [-0.4, -0.2) is 24.8 Å². The molecule has 0 aliphatic heterocycles. The maximum absolute atomic E-state index is 8.75. The summed E-state index contributed by atoms with van der Waals surface area (Å²) in [5.74, 6) is 0.560. The molecule has 3 nitrogen and oxygen atoms in total. The molecule has 5 heteroatoms. The maximum atomic E-state index is 8.75. The van der Waals surface area contributed by atoms with E-state index >= 15 is 0 Å². The van der Waals surface area contributed by atoms with Crippen molar-refractivity contribution in [2.45, 2.75) is 259 Å². The second-order valence-corrected chi connectivity index (χ2v) is 14.7. The van der Waals surface area contributed by atoms with E-state index in [1.54, 1.807) is 0 Å². The van der Waals surface area contributed by atoms with Gasteiger partial charge in [-0.3, -0.25) is 0 Å². The van der Waals surface area contributed by atoms with Crippen molar-refractivity contribution in [3.05, 3.63) is 11.5 Å². The van der Waals surface area contributed by atoms with Gasteiger partial charge in [0, 0.05) is 6.61 Å². The van der Waals surface area contributed by atoms with Crippen LogP contribution < -0.4 is 0 Å². The van der Waals surface area contributed by atoms with Crippen LogP contribution in [-0.2, 0) is 21.7 Å². The average molecular weight is 752 g/mol. The van der Waals surface area contributed by atoms with Gasteiger partial charge in [0.15, 0.2) is 0 Å². The second kappa shape index (κ2) is 60.9. The van der Waals surface area contributed by atoms with Crippen molar-refractivity contribution in [1.82, 2.24) is 0 Å². The van der Waals surface area contributed by atoms with Gasteiger partial charge >= 0.3 is 21.7 Å². The summed E-state index contributed by atoms with van der Waals surface area (Å²) in [5, 5.41) is 8.75. The van der Waals surface area contributed by atoms with Crippen LogP contribution in [0, 0.1) is 5.92 Å². The Balaban J connectivity index is -0.000000205. The van der Waals surface area contributed by atoms with Crippen LogP contribution in [0.1, 0.15) is 259 Å². The zero-order valence-corrected chi connectivity index (χ0v) is 36.9. The van der Waals surface area contributed by atoms with E-state index in [0.29, 0.717) is 25.6 Å². The van der Waals surface area contributed by atoms with E-state index in [1.165, 1.54) is 212 Å². The number of aliphatic hydroxyl groups excluding tert-OH is 1. The molecule has 0 radical (unpaired) electrons. The fourth-order valence-corrected chi connectivity index (χ4v) is 6.26. The zero-order chi connectivity index (χ0) is 35.2. The first-order valence-corrected chi connectivity index (χ1v) is 22.1. The van der Waals surface area contributed by atoms with Crippen molar-refractivity contribution < 1.29 is 26.8 Å². The molecule has 0 spiro atoms. The predicted molar refractivity (Wildman–Crippen MR) is 225 cm³/mol. The number of halogens is 1. The third-order valence-corrected chi connectivity index (χ3v) is 9.86. The minimum Gasteiger partial charge on any atom is -0.677 e. The van der Waals surface area contributed by atoms with E-state index in [4.69, 9.17) is 16.6 Å². The van der Waals surface area contributed by atoms with Crippen LogP contribution in [0.15, 0.2) is 0 Å². The van der Waals surface area contributed by atoms with Crippen molar-refractivity contribution in [3.63, 3.8) is 0 Å². The van der Waals surface area contributed by atoms with Crippen molar-refractivity contribution in [3.8, 4) is 0 Å². The first kappa shape index (κ1) is 59.2. The van der Waals surface area contributed by atoms with E-state index in [1.807, 2.05) is 0 Å². The molecule has 0 saturated carbocycles. The van der Waals surface area contributed by atoms with Crippen LogP contribution in [0.25, 0.3) is 11.5 Å². The van der Waals surface area contributed by atoms with Gasteiger partial charge < -0.3 is 16.6 Å². The Hall–Kier alpha value is 0.884. The number of unbranched alkanes of at least 4 members (excludes halogenated alkanes) is 31. The SMILES string of the molecule is CCCCC(CC)CO.CCCCCCCCCCCCCCCCCC[NH-].CCCCCCCCCCCCCCCCCC[NH-].Cl.[Ti+2].